The highest BCUT2D eigenvalue weighted by Gasteiger charge is 2.53. The molecule has 1 amide bonds. The number of carboxylic acids is 1. The lowest BCUT2D eigenvalue weighted by molar-refractivity contribution is -0.146. The molecule has 2 heterocycles. The average Bonchev–Trinajstić information content (AvgIpc) is 3.08. The fraction of sp³-hybridized carbons (Fsp3) is 0.625. The maximum atomic E-state index is 12.3. The van der Waals surface area contributed by atoms with E-state index in [1.807, 2.05) is 0 Å². The molecule has 1 aliphatic carbocycles. The lowest BCUT2D eigenvalue weighted by Crippen LogP contribution is -2.42. The van der Waals surface area contributed by atoms with Gasteiger partial charge in [-0.3, -0.25) is 9.59 Å². The molecular formula is C16H21NO4. The Morgan fingerprint density at radius 1 is 1.24 bits per heavy atom. The Labute approximate surface area is 124 Å². The molecule has 5 heteroatoms. The normalized spacial score (nSPS) is 33.8. The van der Waals surface area contributed by atoms with E-state index in [9.17, 15) is 14.7 Å². The molecule has 0 aromatic rings. The van der Waals surface area contributed by atoms with Crippen LogP contribution in [0.3, 0.4) is 0 Å². The van der Waals surface area contributed by atoms with Crippen molar-refractivity contribution < 1.29 is 19.4 Å². The number of allylic oxidation sites excluding steroid dienone is 1. The third-order valence-corrected chi connectivity index (χ3v) is 4.62. The maximum absolute atomic E-state index is 12.3. The van der Waals surface area contributed by atoms with Gasteiger partial charge in [-0.2, -0.15) is 0 Å². The van der Waals surface area contributed by atoms with Crippen LogP contribution in [0.4, 0.5) is 0 Å². The summed E-state index contributed by atoms with van der Waals surface area (Å²) in [5, 5.41) is 12.2. The van der Waals surface area contributed by atoms with Gasteiger partial charge in [0.2, 0.25) is 5.91 Å². The molecule has 5 nitrogen and oxygen atoms in total. The van der Waals surface area contributed by atoms with Gasteiger partial charge in [-0.15, -0.1) is 0 Å². The molecule has 3 rings (SSSR count). The van der Waals surface area contributed by atoms with E-state index in [-0.39, 0.29) is 12.0 Å². The molecular weight excluding hydrogens is 270 g/mol. The summed E-state index contributed by atoms with van der Waals surface area (Å²) in [6, 6.07) is 0. The van der Waals surface area contributed by atoms with Crippen molar-refractivity contribution in [3.63, 3.8) is 0 Å². The Hall–Kier alpha value is -1.62. The number of hydrogen-bond acceptors (Lipinski definition) is 3. The van der Waals surface area contributed by atoms with E-state index in [1.165, 1.54) is 18.4 Å². The number of aliphatic carboxylic acids is 1. The summed E-state index contributed by atoms with van der Waals surface area (Å²) in [5.41, 5.74) is 1.40. The summed E-state index contributed by atoms with van der Waals surface area (Å²) >= 11 is 0. The van der Waals surface area contributed by atoms with Crippen molar-refractivity contribution >= 4 is 11.9 Å². The van der Waals surface area contributed by atoms with Crippen LogP contribution in [0, 0.1) is 11.8 Å². The van der Waals surface area contributed by atoms with Crippen molar-refractivity contribution in [2.45, 2.75) is 44.3 Å². The van der Waals surface area contributed by atoms with Gasteiger partial charge < -0.3 is 15.2 Å². The zero-order valence-corrected chi connectivity index (χ0v) is 12.0. The summed E-state index contributed by atoms with van der Waals surface area (Å²) in [6.45, 7) is 0.578. The van der Waals surface area contributed by atoms with E-state index in [0.717, 1.165) is 19.3 Å². The highest BCUT2D eigenvalue weighted by molar-refractivity contribution is 5.87. The Morgan fingerprint density at radius 3 is 2.67 bits per heavy atom. The molecule has 0 saturated carbocycles. The Balaban J connectivity index is 1.54. The number of carboxylic acid groups (broad SMARTS) is 1. The fourth-order valence-electron chi connectivity index (χ4n) is 3.51. The van der Waals surface area contributed by atoms with Gasteiger partial charge in [-0.25, -0.2) is 0 Å². The third-order valence-electron chi connectivity index (χ3n) is 4.62. The quantitative estimate of drug-likeness (QED) is 0.755. The highest BCUT2D eigenvalue weighted by atomic mass is 16.5. The second-order valence-electron chi connectivity index (χ2n) is 5.99. The Kier molecular flexibility index (Phi) is 4.10. The molecule has 21 heavy (non-hydrogen) atoms. The molecule has 0 spiro atoms. The van der Waals surface area contributed by atoms with Gasteiger partial charge in [0.1, 0.15) is 5.92 Å². The first kappa shape index (κ1) is 14.3. The monoisotopic (exact) mass is 291 g/mol. The fourth-order valence-corrected chi connectivity index (χ4v) is 3.51. The molecule has 2 N–H and O–H groups in total. The zero-order chi connectivity index (χ0) is 14.8. The standard InChI is InChI=1S/C16H21NO4/c18-15(17-9-8-10-4-2-1-3-5-10)13-11-6-7-12(21-11)14(13)16(19)20/h4,6-7,11-14H,1-3,5,8-9H2,(H,17,18)(H,19,20)/t11-,12+,13+,14-/m0/s1. The zero-order valence-electron chi connectivity index (χ0n) is 12.0. The second kappa shape index (κ2) is 6.02. The van der Waals surface area contributed by atoms with Crippen LogP contribution in [0.25, 0.3) is 0 Å². The SMILES string of the molecule is O=C(O)[C@@H]1[C@H](C(=O)NCCC2=CCCCC2)[C@@H]2C=C[C@H]1O2. The molecule has 0 unspecified atom stereocenters. The van der Waals surface area contributed by atoms with Gasteiger partial charge in [0.05, 0.1) is 18.1 Å². The van der Waals surface area contributed by atoms with Gasteiger partial charge in [0.15, 0.2) is 0 Å². The number of rotatable bonds is 5. The number of fused-ring (bicyclic) bond motifs is 2. The molecule has 0 radical (unpaired) electrons. The van der Waals surface area contributed by atoms with Crippen molar-refractivity contribution in [1.82, 2.24) is 5.32 Å². The molecule has 2 aliphatic heterocycles. The van der Waals surface area contributed by atoms with Gasteiger partial charge in [-0.05, 0) is 32.1 Å². The van der Waals surface area contributed by atoms with E-state index in [4.69, 9.17) is 4.74 Å². The maximum Gasteiger partial charge on any atom is 0.310 e. The number of hydrogen-bond donors (Lipinski definition) is 2. The van der Waals surface area contributed by atoms with Crippen molar-refractivity contribution in [2.75, 3.05) is 6.54 Å². The van der Waals surface area contributed by atoms with Crippen LogP contribution in [0.1, 0.15) is 32.1 Å². The summed E-state index contributed by atoms with van der Waals surface area (Å²) < 4.78 is 5.51. The van der Waals surface area contributed by atoms with E-state index in [2.05, 4.69) is 11.4 Å². The molecule has 1 fully saturated rings. The predicted molar refractivity (Wildman–Crippen MR) is 76.6 cm³/mol. The molecule has 0 aromatic carbocycles. The second-order valence-corrected chi connectivity index (χ2v) is 5.99. The van der Waals surface area contributed by atoms with E-state index >= 15 is 0 Å². The topological polar surface area (TPSA) is 75.6 Å². The number of nitrogens with one attached hydrogen (secondary N) is 1. The van der Waals surface area contributed by atoms with Crippen molar-refractivity contribution in [1.29, 1.82) is 0 Å². The lowest BCUT2D eigenvalue weighted by atomic mass is 9.82. The average molecular weight is 291 g/mol. The predicted octanol–water partition coefficient (Wildman–Crippen LogP) is 1.65. The van der Waals surface area contributed by atoms with Gasteiger partial charge in [0, 0.05) is 6.54 Å². The minimum atomic E-state index is -0.956. The summed E-state index contributed by atoms with van der Waals surface area (Å²) in [4.78, 5) is 23.6. The number of amides is 1. The minimum Gasteiger partial charge on any atom is -0.481 e. The molecule has 1 saturated heterocycles. The van der Waals surface area contributed by atoms with Crippen molar-refractivity contribution in [3.05, 3.63) is 23.8 Å². The van der Waals surface area contributed by atoms with Gasteiger partial charge >= 0.3 is 5.97 Å². The van der Waals surface area contributed by atoms with Crippen LogP contribution >= 0.6 is 0 Å². The van der Waals surface area contributed by atoms with Gasteiger partial charge in [-0.1, -0.05) is 23.8 Å². The number of carbonyl (C=O) groups excluding carboxylic acids is 1. The Morgan fingerprint density at radius 2 is 2.00 bits per heavy atom. The van der Waals surface area contributed by atoms with Crippen LogP contribution in [0.15, 0.2) is 23.8 Å². The lowest BCUT2D eigenvalue weighted by Gasteiger charge is -2.21. The smallest absolute Gasteiger partial charge is 0.310 e. The molecule has 0 aromatic heterocycles. The largest absolute Gasteiger partial charge is 0.481 e. The summed E-state index contributed by atoms with van der Waals surface area (Å²) in [7, 11) is 0. The number of ether oxygens (including phenoxy) is 1. The molecule has 3 aliphatic rings. The first-order valence-corrected chi connectivity index (χ1v) is 7.69. The minimum absolute atomic E-state index is 0.198. The van der Waals surface area contributed by atoms with Crippen LogP contribution in [0.2, 0.25) is 0 Å². The van der Waals surface area contributed by atoms with E-state index in [0.29, 0.717) is 6.54 Å². The van der Waals surface area contributed by atoms with Gasteiger partial charge in [0.25, 0.3) is 0 Å². The van der Waals surface area contributed by atoms with E-state index < -0.39 is 23.9 Å². The van der Waals surface area contributed by atoms with E-state index in [1.54, 1.807) is 12.2 Å². The van der Waals surface area contributed by atoms with Crippen molar-refractivity contribution in [3.8, 4) is 0 Å². The summed E-state index contributed by atoms with van der Waals surface area (Å²) in [5.74, 6) is -2.51. The molecule has 4 atom stereocenters. The molecule has 2 bridgehead atoms. The molecule has 114 valence electrons. The number of carbonyl (C=O) groups is 2. The van der Waals surface area contributed by atoms with Crippen LogP contribution in [-0.2, 0) is 14.3 Å². The first-order valence-electron chi connectivity index (χ1n) is 7.69. The van der Waals surface area contributed by atoms with Crippen LogP contribution in [-0.4, -0.2) is 35.7 Å². The summed E-state index contributed by atoms with van der Waals surface area (Å²) in [6.07, 6.45) is 10.6. The van der Waals surface area contributed by atoms with Crippen LogP contribution < -0.4 is 5.32 Å². The highest BCUT2D eigenvalue weighted by Crippen LogP contribution is 2.39. The first-order chi connectivity index (χ1) is 10.2. The van der Waals surface area contributed by atoms with Crippen LogP contribution in [0.5, 0.6) is 0 Å². The van der Waals surface area contributed by atoms with Crippen molar-refractivity contribution in [2.24, 2.45) is 11.8 Å². The Bertz CT molecular complexity index is 497. The third kappa shape index (κ3) is 2.88.